The Bertz CT molecular complexity index is 733. The average molecular weight is 390 g/mol. The van der Waals surface area contributed by atoms with Gasteiger partial charge in [0.15, 0.2) is 0 Å². The van der Waals surface area contributed by atoms with Crippen LogP contribution in [-0.4, -0.2) is 76.8 Å². The zero-order valence-corrected chi connectivity index (χ0v) is 16.5. The number of anilines is 1. The molecule has 0 aromatic heterocycles. The van der Waals surface area contributed by atoms with Crippen LogP contribution in [0.3, 0.4) is 0 Å². The number of amides is 1. The molecular formula is C16H24ClN3O4S. The molecule has 1 aromatic carbocycles. The number of rotatable bonds is 5. The van der Waals surface area contributed by atoms with E-state index in [4.69, 9.17) is 16.3 Å². The Hall–Kier alpha value is -1.51. The molecule has 0 N–H and O–H groups in total. The van der Waals surface area contributed by atoms with Gasteiger partial charge in [0.05, 0.1) is 24.1 Å². The van der Waals surface area contributed by atoms with Gasteiger partial charge in [0.1, 0.15) is 11.8 Å². The number of halogens is 1. The van der Waals surface area contributed by atoms with Crippen LogP contribution in [0.1, 0.15) is 6.92 Å². The van der Waals surface area contributed by atoms with Crippen LogP contribution in [-0.2, 0) is 14.8 Å². The molecule has 0 aliphatic carbocycles. The number of hydrogen-bond donors (Lipinski definition) is 0. The summed E-state index contributed by atoms with van der Waals surface area (Å²) < 4.78 is 30.9. The minimum absolute atomic E-state index is 0.217. The van der Waals surface area contributed by atoms with E-state index < -0.39 is 16.1 Å². The highest BCUT2D eigenvalue weighted by atomic mass is 35.5. The fraction of sp³-hybridized carbons (Fsp3) is 0.562. The van der Waals surface area contributed by atoms with Crippen molar-refractivity contribution in [3.8, 4) is 5.75 Å². The summed E-state index contributed by atoms with van der Waals surface area (Å²) in [6.45, 7) is 4.30. The molecular weight excluding hydrogens is 366 g/mol. The molecule has 0 spiro atoms. The van der Waals surface area contributed by atoms with E-state index in [1.807, 2.05) is 7.05 Å². The monoisotopic (exact) mass is 389 g/mol. The lowest BCUT2D eigenvalue weighted by Gasteiger charge is -2.37. The first-order valence-electron chi connectivity index (χ1n) is 7.95. The second-order valence-corrected chi connectivity index (χ2v) is 8.45. The zero-order valence-electron chi connectivity index (χ0n) is 14.9. The van der Waals surface area contributed by atoms with Crippen LogP contribution < -0.4 is 9.04 Å². The van der Waals surface area contributed by atoms with Gasteiger partial charge < -0.3 is 14.5 Å². The van der Waals surface area contributed by atoms with Gasteiger partial charge in [0.25, 0.3) is 0 Å². The van der Waals surface area contributed by atoms with Gasteiger partial charge >= 0.3 is 0 Å². The maximum atomic E-state index is 12.8. The van der Waals surface area contributed by atoms with Gasteiger partial charge in [-0.2, -0.15) is 0 Å². The predicted molar refractivity (Wildman–Crippen MR) is 98.9 cm³/mol. The highest BCUT2D eigenvalue weighted by molar-refractivity contribution is 7.92. The van der Waals surface area contributed by atoms with Crippen molar-refractivity contribution in [1.82, 2.24) is 9.80 Å². The molecule has 1 aliphatic rings. The Kier molecular flexibility index (Phi) is 6.18. The number of piperazine rings is 1. The van der Waals surface area contributed by atoms with Crippen molar-refractivity contribution in [3.05, 3.63) is 23.2 Å². The molecule has 2 rings (SSSR count). The number of methoxy groups -OCH3 is 1. The van der Waals surface area contributed by atoms with Crippen molar-refractivity contribution < 1.29 is 17.9 Å². The number of benzene rings is 1. The average Bonchev–Trinajstić information content (AvgIpc) is 2.54. The van der Waals surface area contributed by atoms with Crippen molar-refractivity contribution in [2.24, 2.45) is 0 Å². The van der Waals surface area contributed by atoms with Gasteiger partial charge in [-0.25, -0.2) is 8.42 Å². The van der Waals surface area contributed by atoms with Crippen LogP contribution in [0.5, 0.6) is 5.75 Å². The Balaban J connectivity index is 2.31. The fourth-order valence-electron chi connectivity index (χ4n) is 2.89. The summed E-state index contributed by atoms with van der Waals surface area (Å²) in [7, 11) is -0.198. The Morgan fingerprint density at radius 3 is 2.36 bits per heavy atom. The lowest BCUT2D eigenvalue weighted by Crippen LogP contribution is -2.54. The quantitative estimate of drug-likeness (QED) is 0.758. The Labute approximate surface area is 154 Å². The number of nitrogens with zero attached hydrogens (tertiary/aromatic N) is 3. The molecule has 1 aromatic rings. The summed E-state index contributed by atoms with van der Waals surface area (Å²) in [5.41, 5.74) is 0.336. The summed E-state index contributed by atoms with van der Waals surface area (Å²) in [6, 6.07) is 3.81. The Morgan fingerprint density at radius 1 is 1.28 bits per heavy atom. The molecule has 0 radical (unpaired) electrons. The van der Waals surface area contributed by atoms with Gasteiger partial charge in [-0.15, -0.1) is 0 Å². The lowest BCUT2D eigenvalue weighted by molar-refractivity contribution is -0.133. The van der Waals surface area contributed by atoms with Crippen molar-refractivity contribution in [1.29, 1.82) is 0 Å². The highest BCUT2D eigenvalue weighted by Crippen LogP contribution is 2.31. The fourth-order valence-corrected chi connectivity index (χ4v) is 4.30. The molecule has 1 saturated heterocycles. The molecule has 1 amide bonds. The van der Waals surface area contributed by atoms with Gasteiger partial charge in [-0.05, 0) is 32.2 Å². The molecule has 1 atom stereocenters. The molecule has 0 bridgehead atoms. The van der Waals surface area contributed by atoms with Crippen molar-refractivity contribution >= 4 is 33.2 Å². The minimum Gasteiger partial charge on any atom is -0.495 e. The third-order valence-corrected chi connectivity index (χ3v) is 5.81. The van der Waals surface area contributed by atoms with Crippen LogP contribution in [0.25, 0.3) is 0 Å². The third kappa shape index (κ3) is 4.56. The third-order valence-electron chi connectivity index (χ3n) is 4.27. The topological polar surface area (TPSA) is 70.2 Å². The number of ether oxygens (including phenoxy) is 1. The van der Waals surface area contributed by atoms with Crippen LogP contribution in [0.2, 0.25) is 5.02 Å². The smallest absolute Gasteiger partial charge is 0.246 e. The molecule has 25 heavy (non-hydrogen) atoms. The van der Waals surface area contributed by atoms with E-state index >= 15 is 0 Å². The molecule has 0 saturated carbocycles. The number of sulfonamides is 1. The normalized spacial score (nSPS) is 17.2. The van der Waals surface area contributed by atoms with Crippen molar-refractivity contribution in [2.45, 2.75) is 13.0 Å². The van der Waals surface area contributed by atoms with E-state index in [0.717, 1.165) is 23.7 Å². The number of likely N-dealkylation sites (N-methyl/N-ethyl adjacent to an activating group) is 1. The van der Waals surface area contributed by atoms with Gasteiger partial charge in [-0.3, -0.25) is 9.10 Å². The first-order valence-corrected chi connectivity index (χ1v) is 10.2. The van der Waals surface area contributed by atoms with Crippen molar-refractivity contribution in [2.75, 3.05) is 50.9 Å². The highest BCUT2D eigenvalue weighted by Gasteiger charge is 2.33. The van der Waals surface area contributed by atoms with E-state index in [0.29, 0.717) is 24.5 Å². The maximum absolute atomic E-state index is 12.8. The SMILES string of the molecule is COc1ccc(N([C@H](C)C(=O)N2CCN(C)CC2)S(C)(=O)=O)cc1Cl. The molecule has 1 fully saturated rings. The largest absolute Gasteiger partial charge is 0.495 e. The van der Waals surface area contributed by atoms with Crippen LogP contribution in [0.15, 0.2) is 18.2 Å². The minimum atomic E-state index is -3.67. The first-order chi connectivity index (χ1) is 11.6. The first kappa shape index (κ1) is 19.8. The van der Waals surface area contributed by atoms with E-state index in [9.17, 15) is 13.2 Å². The van der Waals surface area contributed by atoms with Gasteiger partial charge in [0.2, 0.25) is 15.9 Å². The van der Waals surface area contributed by atoms with Gasteiger partial charge in [-0.1, -0.05) is 11.6 Å². The predicted octanol–water partition coefficient (Wildman–Crippen LogP) is 1.28. The standard InChI is InChI=1S/C16H24ClN3O4S/c1-12(16(21)19-9-7-18(2)8-10-19)20(25(4,22)23)13-5-6-15(24-3)14(17)11-13/h5-6,11-12H,7-10H2,1-4H3/t12-/m1/s1. The molecule has 9 heteroatoms. The van der Waals surface area contributed by atoms with E-state index in [1.54, 1.807) is 24.0 Å². The number of carbonyl (C=O) groups is 1. The summed E-state index contributed by atoms with van der Waals surface area (Å²) in [5, 5.41) is 0.285. The van der Waals surface area contributed by atoms with Crippen LogP contribution >= 0.6 is 11.6 Å². The second-order valence-electron chi connectivity index (χ2n) is 6.18. The summed E-state index contributed by atoms with van der Waals surface area (Å²) >= 11 is 6.13. The number of carbonyl (C=O) groups excluding carboxylic acids is 1. The van der Waals surface area contributed by atoms with Crippen LogP contribution in [0.4, 0.5) is 5.69 Å². The molecule has 140 valence electrons. The summed E-state index contributed by atoms with van der Waals surface area (Å²) in [4.78, 5) is 16.7. The van der Waals surface area contributed by atoms with E-state index in [1.165, 1.54) is 13.2 Å². The van der Waals surface area contributed by atoms with Gasteiger partial charge in [0, 0.05) is 26.2 Å². The lowest BCUT2D eigenvalue weighted by atomic mass is 10.2. The zero-order chi connectivity index (χ0) is 18.8. The molecule has 0 unspecified atom stereocenters. The van der Waals surface area contributed by atoms with E-state index in [-0.39, 0.29) is 10.9 Å². The van der Waals surface area contributed by atoms with E-state index in [2.05, 4.69) is 4.90 Å². The van der Waals surface area contributed by atoms with Crippen molar-refractivity contribution in [3.63, 3.8) is 0 Å². The second kappa shape index (κ2) is 7.80. The maximum Gasteiger partial charge on any atom is 0.246 e. The molecule has 7 nitrogen and oxygen atoms in total. The molecule has 1 aliphatic heterocycles. The summed E-state index contributed by atoms with van der Waals surface area (Å²) in [6.07, 6.45) is 1.08. The summed E-state index contributed by atoms with van der Waals surface area (Å²) in [5.74, 6) is 0.224. The molecule has 1 heterocycles. The number of hydrogen-bond acceptors (Lipinski definition) is 5. The Morgan fingerprint density at radius 2 is 1.88 bits per heavy atom. The van der Waals surface area contributed by atoms with Crippen LogP contribution in [0, 0.1) is 0 Å².